The van der Waals surface area contributed by atoms with Crippen LogP contribution in [0.25, 0.3) is 0 Å². The van der Waals surface area contributed by atoms with E-state index in [1.54, 1.807) is 6.92 Å². The summed E-state index contributed by atoms with van der Waals surface area (Å²) in [6, 6.07) is 0.457. The molecule has 0 aliphatic carbocycles. The van der Waals surface area contributed by atoms with Crippen LogP contribution in [0.15, 0.2) is 14.4 Å². The predicted octanol–water partition coefficient (Wildman–Crippen LogP) is 0.131. The summed E-state index contributed by atoms with van der Waals surface area (Å²) < 4.78 is 24.2. The second-order valence-electron chi connectivity index (χ2n) is 5.31. The quantitative estimate of drug-likeness (QED) is 0.475. The number of ether oxygens (including phenoxy) is 1. The Balaban J connectivity index is 2.96. The standard InChI is InChI=1S/C15H29N3O7Si/c1-5-22-12-18-14(20)16-13(19)17(15(18)21)10-9-11-26(23-6-2,24-7-3)25-8-4/h5-12H2,1-4H3,(H,16,19,20). The van der Waals surface area contributed by atoms with Crippen LogP contribution < -0.4 is 17.1 Å². The first-order valence-electron chi connectivity index (χ1n) is 8.88. The molecule has 11 heteroatoms. The molecule has 1 heterocycles. The van der Waals surface area contributed by atoms with Crippen LogP contribution in [-0.2, 0) is 31.3 Å². The molecule has 0 fully saturated rings. The van der Waals surface area contributed by atoms with Crippen LogP contribution in [0.1, 0.15) is 34.1 Å². The van der Waals surface area contributed by atoms with Crippen molar-refractivity contribution in [3.05, 3.63) is 31.5 Å². The normalized spacial score (nSPS) is 11.8. The van der Waals surface area contributed by atoms with Gasteiger partial charge < -0.3 is 18.0 Å². The van der Waals surface area contributed by atoms with Crippen LogP contribution in [-0.4, -0.2) is 49.4 Å². The van der Waals surface area contributed by atoms with E-state index in [9.17, 15) is 14.4 Å². The van der Waals surface area contributed by atoms with Gasteiger partial charge >= 0.3 is 25.9 Å². The molecule has 0 bridgehead atoms. The van der Waals surface area contributed by atoms with Crippen LogP contribution in [0.4, 0.5) is 0 Å². The van der Waals surface area contributed by atoms with E-state index in [1.807, 2.05) is 20.8 Å². The summed E-state index contributed by atoms with van der Waals surface area (Å²) in [4.78, 5) is 38.3. The van der Waals surface area contributed by atoms with Crippen molar-refractivity contribution in [2.75, 3.05) is 26.4 Å². The highest BCUT2D eigenvalue weighted by Crippen LogP contribution is 2.18. The molecule has 1 aromatic rings. The lowest BCUT2D eigenvalue weighted by molar-refractivity contribution is 0.0700. The average molecular weight is 391 g/mol. The SMILES string of the molecule is CCOCn1c(=O)[nH]c(=O)n(CCC[Si](OCC)(OCC)OCC)c1=O. The monoisotopic (exact) mass is 391 g/mol. The largest absolute Gasteiger partial charge is 0.500 e. The lowest BCUT2D eigenvalue weighted by Gasteiger charge is -2.28. The van der Waals surface area contributed by atoms with Gasteiger partial charge in [0.25, 0.3) is 0 Å². The highest BCUT2D eigenvalue weighted by atomic mass is 28.4. The number of aromatic nitrogens is 3. The van der Waals surface area contributed by atoms with Crippen LogP contribution in [0.5, 0.6) is 0 Å². The van der Waals surface area contributed by atoms with Crippen LogP contribution in [0.2, 0.25) is 6.04 Å². The number of H-pyrrole nitrogens is 1. The zero-order chi connectivity index (χ0) is 19.6. The van der Waals surface area contributed by atoms with Crippen LogP contribution >= 0.6 is 0 Å². The van der Waals surface area contributed by atoms with E-state index in [2.05, 4.69) is 4.98 Å². The van der Waals surface area contributed by atoms with Crippen molar-refractivity contribution in [3.8, 4) is 0 Å². The Morgan fingerprint density at radius 2 is 1.38 bits per heavy atom. The number of hydrogen-bond acceptors (Lipinski definition) is 7. The average Bonchev–Trinajstić information content (AvgIpc) is 2.58. The van der Waals surface area contributed by atoms with Gasteiger partial charge in [0.2, 0.25) is 0 Å². The third kappa shape index (κ3) is 6.02. The molecule has 0 amide bonds. The maximum Gasteiger partial charge on any atom is 0.500 e. The van der Waals surface area contributed by atoms with Gasteiger partial charge in [-0.2, -0.15) is 0 Å². The zero-order valence-corrected chi connectivity index (χ0v) is 16.9. The van der Waals surface area contributed by atoms with Gasteiger partial charge in [-0.3, -0.25) is 4.98 Å². The summed E-state index contributed by atoms with van der Waals surface area (Å²) >= 11 is 0. The van der Waals surface area contributed by atoms with E-state index in [0.29, 0.717) is 38.9 Å². The van der Waals surface area contributed by atoms with Gasteiger partial charge in [0, 0.05) is 39.0 Å². The van der Waals surface area contributed by atoms with E-state index >= 15 is 0 Å². The Kier molecular flexibility index (Phi) is 9.73. The Labute approximate surface area is 153 Å². The summed E-state index contributed by atoms with van der Waals surface area (Å²) in [7, 11) is -2.85. The van der Waals surface area contributed by atoms with Crippen molar-refractivity contribution >= 4 is 8.80 Å². The highest BCUT2D eigenvalue weighted by molar-refractivity contribution is 6.60. The molecule has 0 saturated carbocycles. The number of aromatic amines is 1. The van der Waals surface area contributed by atoms with E-state index < -0.39 is 25.9 Å². The number of rotatable bonds is 13. The molecule has 0 aliphatic rings. The topological polar surface area (TPSA) is 114 Å². The van der Waals surface area contributed by atoms with Crippen molar-refractivity contribution in [1.29, 1.82) is 0 Å². The van der Waals surface area contributed by atoms with Crippen molar-refractivity contribution in [2.24, 2.45) is 0 Å². The highest BCUT2D eigenvalue weighted by Gasteiger charge is 2.39. The van der Waals surface area contributed by atoms with Crippen molar-refractivity contribution < 1.29 is 18.0 Å². The molecule has 1 aromatic heterocycles. The van der Waals surface area contributed by atoms with Crippen molar-refractivity contribution in [3.63, 3.8) is 0 Å². The number of nitrogens with one attached hydrogen (secondary N) is 1. The molecule has 0 unspecified atom stereocenters. The number of nitrogens with zero attached hydrogens (tertiary/aromatic N) is 2. The first-order chi connectivity index (χ1) is 12.4. The second kappa shape index (κ2) is 11.2. The van der Waals surface area contributed by atoms with Crippen molar-refractivity contribution in [2.45, 2.75) is 53.4 Å². The first kappa shape index (κ1) is 22.5. The van der Waals surface area contributed by atoms with Gasteiger partial charge in [0.15, 0.2) is 0 Å². The van der Waals surface area contributed by atoms with Gasteiger partial charge in [-0.05, 0) is 34.1 Å². The lowest BCUT2D eigenvalue weighted by atomic mass is 10.5. The minimum atomic E-state index is -2.85. The summed E-state index contributed by atoms with van der Waals surface area (Å²) in [6.45, 7) is 8.92. The van der Waals surface area contributed by atoms with E-state index in [0.717, 1.165) is 9.13 Å². The fourth-order valence-corrected chi connectivity index (χ4v) is 5.09. The molecular weight excluding hydrogens is 362 g/mol. The fraction of sp³-hybridized carbons (Fsp3) is 0.800. The van der Waals surface area contributed by atoms with Crippen LogP contribution in [0.3, 0.4) is 0 Å². The van der Waals surface area contributed by atoms with Crippen molar-refractivity contribution in [1.82, 2.24) is 14.1 Å². The Morgan fingerprint density at radius 1 is 0.846 bits per heavy atom. The molecule has 0 saturated heterocycles. The molecule has 0 radical (unpaired) electrons. The molecule has 10 nitrogen and oxygen atoms in total. The molecular formula is C15H29N3O7Si. The smallest absolute Gasteiger partial charge is 0.374 e. The van der Waals surface area contributed by atoms with Gasteiger partial charge in [-0.1, -0.05) is 0 Å². The molecule has 1 N–H and O–H groups in total. The molecule has 150 valence electrons. The van der Waals surface area contributed by atoms with E-state index in [1.165, 1.54) is 0 Å². The Bertz CT molecular complexity index is 695. The van der Waals surface area contributed by atoms with Gasteiger partial charge in [-0.25, -0.2) is 23.5 Å². The molecule has 1 rings (SSSR count). The molecule has 26 heavy (non-hydrogen) atoms. The van der Waals surface area contributed by atoms with Gasteiger partial charge in [0.1, 0.15) is 6.73 Å². The van der Waals surface area contributed by atoms with Gasteiger partial charge in [0.05, 0.1) is 0 Å². The summed E-state index contributed by atoms with van der Waals surface area (Å²) in [5.74, 6) is 0. The molecule has 0 aliphatic heterocycles. The van der Waals surface area contributed by atoms with Gasteiger partial charge in [-0.15, -0.1) is 0 Å². The summed E-state index contributed by atoms with van der Waals surface area (Å²) in [5.41, 5.74) is -2.24. The van der Waals surface area contributed by atoms with Crippen LogP contribution in [0, 0.1) is 0 Å². The van der Waals surface area contributed by atoms with E-state index in [-0.39, 0.29) is 13.3 Å². The molecule has 0 atom stereocenters. The minimum Gasteiger partial charge on any atom is -0.374 e. The first-order valence-corrected chi connectivity index (χ1v) is 10.8. The van der Waals surface area contributed by atoms with E-state index in [4.69, 9.17) is 18.0 Å². The Morgan fingerprint density at radius 3 is 1.88 bits per heavy atom. The molecule has 0 aromatic carbocycles. The predicted molar refractivity (Wildman–Crippen MR) is 97.3 cm³/mol. The fourth-order valence-electron chi connectivity index (χ4n) is 2.49. The maximum atomic E-state index is 12.4. The maximum absolute atomic E-state index is 12.4. The lowest BCUT2D eigenvalue weighted by Crippen LogP contribution is -2.50. The second-order valence-corrected chi connectivity index (χ2v) is 8.04. The zero-order valence-electron chi connectivity index (χ0n) is 15.9. The third-order valence-electron chi connectivity index (χ3n) is 3.55. The Hall–Kier alpha value is -1.53. The molecule has 0 spiro atoms. The number of hydrogen-bond donors (Lipinski definition) is 1. The third-order valence-corrected chi connectivity index (χ3v) is 6.70. The minimum absolute atomic E-state index is 0.114. The summed E-state index contributed by atoms with van der Waals surface area (Å²) in [5, 5.41) is 0. The summed E-state index contributed by atoms with van der Waals surface area (Å²) in [6.07, 6.45) is 0.433.